The molecule has 1 rings (SSSR count). The predicted molar refractivity (Wildman–Crippen MR) is 71.8 cm³/mol. The number of thioether (sulfide) groups is 1. The van der Waals surface area contributed by atoms with Crippen LogP contribution in [0.1, 0.15) is 25.5 Å². The molecule has 1 aromatic rings. The normalized spacial score (nSPS) is 16.3. The monoisotopic (exact) mass is 275 g/mol. The number of halogens is 2. The van der Waals surface area contributed by atoms with Crippen molar-refractivity contribution in [3.05, 3.63) is 35.4 Å². The van der Waals surface area contributed by atoms with Gasteiger partial charge in [0.15, 0.2) is 0 Å². The predicted octanol–water partition coefficient (Wildman–Crippen LogP) is 2.73. The van der Waals surface area contributed by atoms with Gasteiger partial charge in [0.05, 0.1) is 5.60 Å². The molecule has 0 saturated carbocycles. The van der Waals surface area contributed by atoms with Crippen molar-refractivity contribution in [3.8, 4) is 0 Å². The van der Waals surface area contributed by atoms with Gasteiger partial charge in [-0.05, 0) is 38.3 Å². The number of hydrogen-bond donors (Lipinski definition) is 2. The first-order valence-corrected chi connectivity index (χ1v) is 7.15. The van der Waals surface area contributed by atoms with E-state index >= 15 is 0 Å². The van der Waals surface area contributed by atoms with Gasteiger partial charge in [0, 0.05) is 23.9 Å². The van der Waals surface area contributed by atoms with Crippen molar-refractivity contribution in [3.63, 3.8) is 0 Å². The molecule has 2 atom stereocenters. The smallest absolute Gasteiger partial charge is 0.128 e. The molecule has 2 unspecified atom stereocenters. The first-order chi connectivity index (χ1) is 8.35. The van der Waals surface area contributed by atoms with Crippen LogP contribution in [0, 0.1) is 11.6 Å². The number of nitrogens with one attached hydrogen (secondary N) is 1. The fourth-order valence-corrected chi connectivity index (χ4v) is 2.42. The summed E-state index contributed by atoms with van der Waals surface area (Å²) in [5, 5.41) is 13.0. The summed E-state index contributed by atoms with van der Waals surface area (Å²) in [5.41, 5.74) is -0.591. The minimum Gasteiger partial charge on any atom is -0.388 e. The van der Waals surface area contributed by atoms with Crippen LogP contribution in [0.4, 0.5) is 8.78 Å². The Kier molecular flexibility index (Phi) is 5.56. The van der Waals surface area contributed by atoms with Crippen LogP contribution in [0.2, 0.25) is 0 Å². The Balaban J connectivity index is 2.65. The van der Waals surface area contributed by atoms with Crippen LogP contribution in [0.25, 0.3) is 0 Å². The van der Waals surface area contributed by atoms with Crippen molar-refractivity contribution < 1.29 is 13.9 Å². The maximum absolute atomic E-state index is 13.5. The van der Waals surface area contributed by atoms with Crippen LogP contribution in [0.3, 0.4) is 0 Å². The van der Waals surface area contributed by atoms with Crippen molar-refractivity contribution in [2.75, 3.05) is 18.6 Å². The Morgan fingerprint density at radius 2 is 2.11 bits per heavy atom. The molecule has 2 nitrogen and oxygen atoms in total. The number of hydrogen-bond acceptors (Lipinski definition) is 3. The molecule has 0 amide bonds. The molecule has 0 saturated heterocycles. The van der Waals surface area contributed by atoms with Gasteiger partial charge in [0.1, 0.15) is 11.6 Å². The van der Waals surface area contributed by atoms with E-state index in [1.165, 1.54) is 17.8 Å². The molecule has 0 spiro atoms. The van der Waals surface area contributed by atoms with E-state index in [9.17, 15) is 13.9 Å². The van der Waals surface area contributed by atoms with Crippen LogP contribution in [-0.4, -0.2) is 29.3 Å². The molecule has 1 aromatic carbocycles. The van der Waals surface area contributed by atoms with Crippen molar-refractivity contribution in [1.82, 2.24) is 5.32 Å². The van der Waals surface area contributed by atoms with Gasteiger partial charge in [-0.3, -0.25) is 0 Å². The Morgan fingerprint density at radius 3 is 2.72 bits per heavy atom. The molecule has 0 fully saturated rings. The third-order valence-electron chi connectivity index (χ3n) is 2.67. The molecule has 0 aliphatic rings. The summed E-state index contributed by atoms with van der Waals surface area (Å²) in [6, 6.07) is 3.03. The highest BCUT2D eigenvalue weighted by atomic mass is 32.2. The van der Waals surface area contributed by atoms with Crippen LogP contribution in [0.5, 0.6) is 0 Å². The minimum atomic E-state index is -0.864. The molecule has 2 N–H and O–H groups in total. The molecule has 102 valence electrons. The molecule has 0 bridgehead atoms. The largest absolute Gasteiger partial charge is 0.388 e. The second-order valence-electron chi connectivity index (χ2n) is 4.70. The van der Waals surface area contributed by atoms with Gasteiger partial charge in [-0.15, -0.1) is 0 Å². The van der Waals surface area contributed by atoms with E-state index < -0.39 is 17.2 Å². The first kappa shape index (κ1) is 15.4. The average molecular weight is 275 g/mol. The fraction of sp³-hybridized carbons (Fsp3) is 0.538. The van der Waals surface area contributed by atoms with E-state index in [1.54, 1.807) is 13.8 Å². The molecule has 0 heterocycles. The highest BCUT2D eigenvalue weighted by molar-refractivity contribution is 7.98. The summed E-state index contributed by atoms with van der Waals surface area (Å²) in [4.78, 5) is 0. The van der Waals surface area contributed by atoms with E-state index in [0.717, 1.165) is 12.1 Å². The zero-order valence-corrected chi connectivity index (χ0v) is 11.7. The standard InChI is InChI=1S/C13H19F2NOS/c1-9(16-7-13(2,17)8-18-3)11-6-10(14)4-5-12(11)15/h4-6,9,16-17H,7-8H2,1-3H3. The van der Waals surface area contributed by atoms with Gasteiger partial charge >= 0.3 is 0 Å². The Labute approximate surface area is 111 Å². The number of benzene rings is 1. The van der Waals surface area contributed by atoms with E-state index in [-0.39, 0.29) is 11.6 Å². The fourth-order valence-electron chi connectivity index (χ4n) is 1.69. The minimum absolute atomic E-state index is 0.273. The van der Waals surface area contributed by atoms with Gasteiger partial charge in [-0.2, -0.15) is 11.8 Å². The molecule has 0 aliphatic heterocycles. The molecular formula is C13H19F2NOS. The zero-order chi connectivity index (χ0) is 13.8. The first-order valence-electron chi connectivity index (χ1n) is 5.75. The van der Waals surface area contributed by atoms with Gasteiger partial charge in [-0.1, -0.05) is 0 Å². The van der Waals surface area contributed by atoms with Gasteiger partial charge in [0.2, 0.25) is 0 Å². The topological polar surface area (TPSA) is 32.3 Å². The SMILES string of the molecule is CSCC(C)(O)CNC(C)c1cc(F)ccc1F. The summed E-state index contributed by atoms with van der Waals surface area (Å²) >= 11 is 1.54. The van der Waals surface area contributed by atoms with E-state index in [2.05, 4.69) is 5.32 Å². The van der Waals surface area contributed by atoms with Crippen molar-refractivity contribution in [1.29, 1.82) is 0 Å². The lowest BCUT2D eigenvalue weighted by Crippen LogP contribution is -2.41. The summed E-state index contributed by atoms with van der Waals surface area (Å²) in [6.07, 6.45) is 1.91. The zero-order valence-electron chi connectivity index (χ0n) is 10.8. The summed E-state index contributed by atoms with van der Waals surface area (Å²) < 4.78 is 26.6. The third kappa shape index (κ3) is 4.55. The maximum atomic E-state index is 13.5. The molecule has 0 aromatic heterocycles. The van der Waals surface area contributed by atoms with Crippen LogP contribution >= 0.6 is 11.8 Å². The van der Waals surface area contributed by atoms with Crippen molar-refractivity contribution in [2.24, 2.45) is 0 Å². The van der Waals surface area contributed by atoms with E-state index in [1.807, 2.05) is 6.26 Å². The molecule has 5 heteroatoms. The van der Waals surface area contributed by atoms with E-state index in [0.29, 0.717) is 12.3 Å². The average Bonchev–Trinajstić information content (AvgIpc) is 2.29. The van der Waals surface area contributed by atoms with Crippen LogP contribution in [-0.2, 0) is 0 Å². The maximum Gasteiger partial charge on any atom is 0.128 e. The number of rotatable bonds is 6. The van der Waals surface area contributed by atoms with Gasteiger partial charge in [0.25, 0.3) is 0 Å². The Hall–Kier alpha value is -0.650. The van der Waals surface area contributed by atoms with Crippen LogP contribution in [0.15, 0.2) is 18.2 Å². The third-order valence-corrected chi connectivity index (χ3v) is 3.58. The second kappa shape index (κ2) is 6.50. The Morgan fingerprint density at radius 1 is 1.44 bits per heavy atom. The highest BCUT2D eigenvalue weighted by Gasteiger charge is 2.21. The molecule has 0 radical (unpaired) electrons. The van der Waals surface area contributed by atoms with Crippen LogP contribution < -0.4 is 5.32 Å². The lowest BCUT2D eigenvalue weighted by atomic mass is 10.1. The van der Waals surface area contributed by atoms with Gasteiger partial charge < -0.3 is 10.4 Å². The summed E-state index contributed by atoms with van der Waals surface area (Å²) in [7, 11) is 0. The summed E-state index contributed by atoms with van der Waals surface area (Å²) in [6.45, 7) is 3.78. The number of aliphatic hydroxyl groups is 1. The molecule has 0 aliphatic carbocycles. The van der Waals surface area contributed by atoms with Gasteiger partial charge in [-0.25, -0.2) is 8.78 Å². The summed E-state index contributed by atoms with van der Waals surface area (Å²) in [5.74, 6) is -0.324. The van der Waals surface area contributed by atoms with Crippen molar-refractivity contribution in [2.45, 2.75) is 25.5 Å². The lowest BCUT2D eigenvalue weighted by molar-refractivity contribution is 0.0819. The molecular weight excluding hydrogens is 256 g/mol. The highest BCUT2D eigenvalue weighted by Crippen LogP contribution is 2.19. The lowest BCUT2D eigenvalue weighted by Gasteiger charge is -2.25. The molecule has 18 heavy (non-hydrogen) atoms. The Bertz CT molecular complexity index is 399. The van der Waals surface area contributed by atoms with E-state index in [4.69, 9.17) is 0 Å². The quantitative estimate of drug-likeness (QED) is 0.837. The van der Waals surface area contributed by atoms with Crippen molar-refractivity contribution >= 4 is 11.8 Å². The second-order valence-corrected chi connectivity index (χ2v) is 5.56.